The van der Waals surface area contributed by atoms with E-state index >= 15 is 0 Å². The summed E-state index contributed by atoms with van der Waals surface area (Å²) in [5.41, 5.74) is 1.19. The molecule has 2 aromatic carbocycles. The molecule has 2 rings (SSSR count). The Labute approximate surface area is 140 Å². The summed E-state index contributed by atoms with van der Waals surface area (Å²) in [7, 11) is 2.01. The fourth-order valence-corrected chi connectivity index (χ4v) is 2.28. The summed E-state index contributed by atoms with van der Waals surface area (Å²) < 4.78 is 26.2. The van der Waals surface area contributed by atoms with Gasteiger partial charge in [-0.3, -0.25) is 0 Å². The summed E-state index contributed by atoms with van der Waals surface area (Å²) in [6.45, 7) is 2.13. The van der Waals surface area contributed by atoms with E-state index in [1.807, 2.05) is 25.2 Å². The predicted molar refractivity (Wildman–Crippen MR) is 90.8 cm³/mol. The first-order valence-corrected chi connectivity index (χ1v) is 7.77. The molecule has 128 valence electrons. The molecule has 0 fully saturated rings. The van der Waals surface area contributed by atoms with E-state index in [9.17, 15) is 13.6 Å². The van der Waals surface area contributed by atoms with Gasteiger partial charge < -0.3 is 15.5 Å². The molecular formula is C18H21F2N3O. The zero-order valence-electron chi connectivity index (χ0n) is 13.6. The van der Waals surface area contributed by atoms with Gasteiger partial charge in [0, 0.05) is 19.2 Å². The Morgan fingerprint density at radius 2 is 1.88 bits per heavy atom. The summed E-state index contributed by atoms with van der Waals surface area (Å²) in [5.74, 6) is -1.48. The largest absolute Gasteiger partial charge is 0.338 e. The SMILES string of the molecule is CN(CCCNC(=O)Nc1ccc(F)cc1F)Cc1ccccc1. The Balaban J connectivity index is 1.65. The molecule has 0 radical (unpaired) electrons. The molecule has 4 nitrogen and oxygen atoms in total. The van der Waals surface area contributed by atoms with Crippen molar-refractivity contribution in [2.45, 2.75) is 13.0 Å². The maximum absolute atomic E-state index is 13.4. The molecule has 2 aromatic rings. The van der Waals surface area contributed by atoms with Gasteiger partial charge in [-0.2, -0.15) is 0 Å². The lowest BCUT2D eigenvalue weighted by molar-refractivity contribution is 0.250. The Morgan fingerprint density at radius 1 is 1.12 bits per heavy atom. The summed E-state index contributed by atoms with van der Waals surface area (Å²) in [4.78, 5) is 13.9. The maximum atomic E-state index is 13.4. The highest BCUT2D eigenvalue weighted by molar-refractivity contribution is 5.89. The normalized spacial score (nSPS) is 10.7. The van der Waals surface area contributed by atoms with Crippen molar-refractivity contribution in [3.05, 3.63) is 65.7 Å². The third-order valence-electron chi connectivity index (χ3n) is 3.48. The molecule has 0 heterocycles. The average molecular weight is 333 g/mol. The quantitative estimate of drug-likeness (QED) is 0.760. The Hall–Kier alpha value is -2.47. The second-order valence-electron chi connectivity index (χ2n) is 5.58. The zero-order chi connectivity index (χ0) is 17.4. The molecule has 0 bridgehead atoms. The van der Waals surface area contributed by atoms with Crippen molar-refractivity contribution >= 4 is 11.7 Å². The first-order valence-electron chi connectivity index (χ1n) is 7.77. The Bertz CT molecular complexity index is 665. The van der Waals surface area contributed by atoms with Crippen molar-refractivity contribution in [2.24, 2.45) is 0 Å². The number of hydrogen-bond acceptors (Lipinski definition) is 2. The minimum absolute atomic E-state index is 0.0462. The van der Waals surface area contributed by atoms with E-state index in [4.69, 9.17) is 0 Å². The fraction of sp³-hybridized carbons (Fsp3) is 0.278. The molecule has 0 aliphatic heterocycles. The number of nitrogens with one attached hydrogen (secondary N) is 2. The van der Waals surface area contributed by atoms with Crippen LogP contribution in [0.15, 0.2) is 48.5 Å². The van der Waals surface area contributed by atoms with Gasteiger partial charge in [-0.1, -0.05) is 30.3 Å². The number of rotatable bonds is 7. The van der Waals surface area contributed by atoms with Gasteiger partial charge in [0.2, 0.25) is 0 Å². The number of halogens is 2. The number of urea groups is 1. The average Bonchev–Trinajstić information content (AvgIpc) is 2.55. The third kappa shape index (κ3) is 5.96. The second kappa shape index (κ2) is 8.98. The first kappa shape index (κ1) is 17.9. The van der Waals surface area contributed by atoms with Gasteiger partial charge in [0.25, 0.3) is 0 Å². The van der Waals surface area contributed by atoms with Crippen LogP contribution < -0.4 is 10.6 Å². The highest BCUT2D eigenvalue weighted by Crippen LogP contribution is 2.14. The molecule has 0 saturated carbocycles. The maximum Gasteiger partial charge on any atom is 0.319 e. The standard InChI is InChI=1S/C18H21F2N3O/c1-23(13-14-6-3-2-4-7-14)11-5-10-21-18(24)22-17-9-8-15(19)12-16(17)20/h2-4,6-9,12H,5,10-11,13H2,1H3,(H2,21,22,24). The van der Waals surface area contributed by atoms with E-state index < -0.39 is 17.7 Å². The lowest BCUT2D eigenvalue weighted by Crippen LogP contribution is -2.31. The number of carbonyl (C=O) groups excluding carboxylic acids is 1. The molecule has 0 unspecified atom stereocenters. The lowest BCUT2D eigenvalue weighted by atomic mass is 10.2. The van der Waals surface area contributed by atoms with Gasteiger partial charge in [0.15, 0.2) is 0 Å². The molecule has 0 aromatic heterocycles. The number of benzene rings is 2. The van der Waals surface area contributed by atoms with Crippen LogP contribution in [0.25, 0.3) is 0 Å². The van der Waals surface area contributed by atoms with Crippen molar-refractivity contribution < 1.29 is 13.6 Å². The molecular weight excluding hydrogens is 312 g/mol. The van der Waals surface area contributed by atoms with Gasteiger partial charge in [-0.25, -0.2) is 13.6 Å². The second-order valence-corrected chi connectivity index (χ2v) is 5.58. The van der Waals surface area contributed by atoms with Crippen LogP contribution in [0.3, 0.4) is 0 Å². The van der Waals surface area contributed by atoms with Gasteiger partial charge in [0.1, 0.15) is 11.6 Å². The van der Waals surface area contributed by atoms with Gasteiger partial charge in [0.05, 0.1) is 5.69 Å². The van der Waals surface area contributed by atoms with Gasteiger partial charge in [-0.05, 0) is 37.7 Å². The van der Waals surface area contributed by atoms with Crippen LogP contribution in [0.1, 0.15) is 12.0 Å². The number of nitrogens with zero attached hydrogens (tertiary/aromatic N) is 1. The van der Waals surface area contributed by atoms with E-state index in [0.717, 1.165) is 31.6 Å². The third-order valence-corrected chi connectivity index (χ3v) is 3.48. The molecule has 0 aliphatic carbocycles. The summed E-state index contributed by atoms with van der Waals surface area (Å²) in [5, 5.41) is 5.02. The number of anilines is 1. The minimum Gasteiger partial charge on any atom is -0.338 e. The molecule has 0 aliphatic rings. The topological polar surface area (TPSA) is 44.4 Å². The van der Waals surface area contributed by atoms with Gasteiger partial charge >= 0.3 is 6.03 Å². The minimum atomic E-state index is -0.798. The van der Waals surface area contributed by atoms with E-state index in [0.29, 0.717) is 6.54 Å². The first-order chi connectivity index (χ1) is 11.5. The van der Waals surface area contributed by atoms with Gasteiger partial charge in [-0.15, -0.1) is 0 Å². The molecule has 6 heteroatoms. The molecule has 0 atom stereocenters. The fourth-order valence-electron chi connectivity index (χ4n) is 2.28. The highest BCUT2D eigenvalue weighted by Gasteiger charge is 2.07. The molecule has 2 amide bonds. The predicted octanol–water partition coefficient (Wildman–Crippen LogP) is 3.61. The Morgan fingerprint density at radius 3 is 2.58 bits per heavy atom. The van der Waals surface area contributed by atoms with Crippen LogP contribution in [-0.2, 0) is 6.54 Å². The zero-order valence-corrected chi connectivity index (χ0v) is 13.6. The van der Waals surface area contributed by atoms with Crippen LogP contribution in [0.2, 0.25) is 0 Å². The van der Waals surface area contributed by atoms with E-state index in [2.05, 4.69) is 27.7 Å². The Kier molecular flexibility index (Phi) is 6.69. The van der Waals surface area contributed by atoms with Crippen LogP contribution in [0, 0.1) is 11.6 Å². The van der Waals surface area contributed by atoms with Crippen LogP contribution in [0.5, 0.6) is 0 Å². The van der Waals surface area contributed by atoms with Crippen molar-refractivity contribution in [1.82, 2.24) is 10.2 Å². The number of carbonyl (C=O) groups is 1. The lowest BCUT2D eigenvalue weighted by Gasteiger charge is -2.16. The molecule has 2 N–H and O–H groups in total. The summed E-state index contributed by atoms with van der Waals surface area (Å²) in [6, 6.07) is 12.6. The van der Waals surface area contributed by atoms with Crippen molar-refractivity contribution in [1.29, 1.82) is 0 Å². The van der Waals surface area contributed by atoms with Crippen LogP contribution in [0.4, 0.5) is 19.3 Å². The van der Waals surface area contributed by atoms with Crippen LogP contribution >= 0.6 is 0 Å². The number of amides is 2. The summed E-state index contributed by atoms with van der Waals surface area (Å²) >= 11 is 0. The van der Waals surface area contributed by atoms with E-state index in [1.54, 1.807) is 0 Å². The van der Waals surface area contributed by atoms with Crippen LogP contribution in [-0.4, -0.2) is 31.1 Å². The summed E-state index contributed by atoms with van der Waals surface area (Å²) in [6.07, 6.45) is 0.767. The smallest absolute Gasteiger partial charge is 0.319 e. The molecule has 24 heavy (non-hydrogen) atoms. The highest BCUT2D eigenvalue weighted by atomic mass is 19.1. The molecule has 0 saturated heterocycles. The van der Waals surface area contributed by atoms with E-state index in [1.165, 1.54) is 11.6 Å². The van der Waals surface area contributed by atoms with E-state index in [-0.39, 0.29) is 5.69 Å². The molecule has 0 spiro atoms. The van der Waals surface area contributed by atoms with Crippen molar-refractivity contribution in [2.75, 3.05) is 25.5 Å². The number of hydrogen-bond donors (Lipinski definition) is 2. The monoisotopic (exact) mass is 333 g/mol. The van der Waals surface area contributed by atoms with Crippen molar-refractivity contribution in [3.8, 4) is 0 Å². The van der Waals surface area contributed by atoms with Crippen molar-refractivity contribution in [3.63, 3.8) is 0 Å².